The van der Waals surface area contributed by atoms with Crippen molar-refractivity contribution < 1.29 is 17.2 Å². The van der Waals surface area contributed by atoms with Crippen LogP contribution in [0.25, 0.3) is 0 Å². The molecule has 0 unspecified atom stereocenters. The summed E-state index contributed by atoms with van der Waals surface area (Å²) in [6.07, 6.45) is 2.32. The number of nitrogens with zero attached hydrogens (tertiary/aromatic N) is 1. The smallest absolute Gasteiger partial charge is 0.261 e. The summed E-state index contributed by atoms with van der Waals surface area (Å²) in [7, 11) is -3.81. The van der Waals surface area contributed by atoms with Crippen molar-refractivity contribution in [1.82, 2.24) is 0 Å². The van der Waals surface area contributed by atoms with Crippen LogP contribution in [0.2, 0.25) is 0 Å². The molecule has 0 saturated carbocycles. The number of hydrogen-bond donors (Lipinski definition) is 0. The molecule has 1 aliphatic carbocycles. The molecule has 3 aromatic rings. The fourth-order valence-corrected chi connectivity index (χ4v) is 5.52. The summed E-state index contributed by atoms with van der Waals surface area (Å²) in [5.74, 6) is -0.0902. The fourth-order valence-electron chi connectivity index (χ4n) is 4.43. The molecule has 4 nitrogen and oxygen atoms in total. The van der Waals surface area contributed by atoms with Gasteiger partial charge in [-0.3, -0.25) is 4.18 Å². The number of aromatic nitrogens is 1. The molecule has 0 fully saturated rings. The van der Waals surface area contributed by atoms with E-state index in [1.165, 1.54) is 11.1 Å². The Hall–Kier alpha value is -2.50. The summed E-state index contributed by atoms with van der Waals surface area (Å²) in [5, 5.41) is 0. The molecule has 136 valence electrons. The molecule has 0 spiro atoms. The van der Waals surface area contributed by atoms with Crippen LogP contribution in [0, 0.1) is 6.92 Å². The largest absolute Gasteiger partial charge is 0.297 e. The Kier molecular flexibility index (Phi) is 3.71. The standard InChI is InChI=1S/C22H20NO3S/c1-15-9-11-16(12-10-15)27(24,25)26-21-14-20-17-6-2-3-7-18(17)22(21)19-8-4-5-13-23(19)20/h2-13,20-22H,14H2,1H3/q+1/t20-,21+,22-/m1/s1. The van der Waals surface area contributed by atoms with Gasteiger partial charge in [-0.05, 0) is 24.6 Å². The second-order valence-electron chi connectivity index (χ2n) is 7.29. The van der Waals surface area contributed by atoms with Crippen molar-refractivity contribution in [3.63, 3.8) is 0 Å². The first kappa shape index (κ1) is 16.7. The van der Waals surface area contributed by atoms with E-state index in [0.29, 0.717) is 6.42 Å². The average Bonchev–Trinajstić information content (AvgIpc) is 2.68. The molecule has 3 atom stereocenters. The molecule has 6 rings (SSSR count). The lowest BCUT2D eigenvalue weighted by Crippen LogP contribution is -2.56. The maximum Gasteiger partial charge on any atom is 0.297 e. The molecule has 3 heterocycles. The highest BCUT2D eigenvalue weighted by molar-refractivity contribution is 7.86. The van der Waals surface area contributed by atoms with Gasteiger partial charge in [0.2, 0.25) is 0 Å². The van der Waals surface area contributed by atoms with E-state index >= 15 is 0 Å². The Morgan fingerprint density at radius 3 is 2.41 bits per heavy atom. The third-order valence-corrected chi connectivity index (χ3v) is 7.00. The van der Waals surface area contributed by atoms with Gasteiger partial charge in [0.1, 0.15) is 6.10 Å². The second kappa shape index (κ2) is 6.01. The average molecular weight is 378 g/mol. The molecule has 2 aliphatic heterocycles. The minimum Gasteiger partial charge on any atom is -0.261 e. The predicted octanol–water partition coefficient (Wildman–Crippen LogP) is 3.50. The number of rotatable bonds is 3. The molecule has 2 bridgehead atoms. The summed E-state index contributed by atoms with van der Waals surface area (Å²) in [6, 6.07) is 21.3. The van der Waals surface area contributed by atoms with Gasteiger partial charge in [-0.15, -0.1) is 0 Å². The van der Waals surface area contributed by atoms with Crippen LogP contribution in [0.4, 0.5) is 0 Å². The highest BCUT2D eigenvalue weighted by Gasteiger charge is 2.51. The van der Waals surface area contributed by atoms with Gasteiger partial charge in [-0.25, -0.2) is 0 Å². The fraction of sp³-hybridized carbons (Fsp3) is 0.227. The molecule has 0 radical (unpaired) electrons. The van der Waals surface area contributed by atoms with Gasteiger partial charge >= 0.3 is 0 Å². The zero-order valence-corrected chi connectivity index (χ0v) is 15.8. The van der Waals surface area contributed by atoms with E-state index < -0.39 is 16.2 Å². The third kappa shape index (κ3) is 2.61. The quantitative estimate of drug-likeness (QED) is 0.518. The van der Waals surface area contributed by atoms with Gasteiger partial charge in [-0.2, -0.15) is 13.0 Å². The van der Waals surface area contributed by atoms with Gasteiger partial charge in [0.05, 0.1) is 10.8 Å². The SMILES string of the molecule is Cc1ccc(S(=O)(=O)O[C@H]2C[C@@H]3c4ccccc4[C@@H]2c2cccc[n+]23)cc1. The Morgan fingerprint density at radius 2 is 1.63 bits per heavy atom. The molecule has 0 N–H and O–H groups in total. The zero-order chi connectivity index (χ0) is 18.6. The van der Waals surface area contributed by atoms with Crippen molar-refractivity contribution in [3.8, 4) is 0 Å². The Morgan fingerprint density at radius 1 is 0.926 bits per heavy atom. The summed E-state index contributed by atoms with van der Waals surface area (Å²) < 4.78 is 33.8. The van der Waals surface area contributed by atoms with Crippen LogP contribution in [0.1, 0.15) is 40.8 Å². The van der Waals surface area contributed by atoms with Crippen LogP contribution in [0.15, 0.2) is 77.8 Å². The van der Waals surface area contributed by atoms with Crippen molar-refractivity contribution in [2.45, 2.75) is 36.3 Å². The molecular weight excluding hydrogens is 358 g/mol. The van der Waals surface area contributed by atoms with Crippen molar-refractivity contribution in [2.24, 2.45) is 0 Å². The number of pyridine rings is 1. The molecule has 0 amide bonds. The Labute approximate surface area is 159 Å². The lowest BCUT2D eigenvalue weighted by molar-refractivity contribution is -0.732. The number of aryl methyl sites for hydroxylation is 1. The highest BCUT2D eigenvalue weighted by atomic mass is 32.2. The monoisotopic (exact) mass is 378 g/mol. The minimum absolute atomic E-state index is 0.0902. The molecule has 0 saturated heterocycles. The first-order valence-electron chi connectivity index (χ1n) is 9.13. The van der Waals surface area contributed by atoms with E-state index in [1.54, 1.807) is 24.3 Å². The predicted molar refractivity (Wildman–Crippen MR) is 101 cm³/mol. The van der Waals surface area contributed by atoms with E-state index in [0.717, 1.165) is 11.3 Å². The molecule has 1 aromatic heterocycles. The van der Waals surface area contributed by atoms with Gasteiger partial charge < -0.3 is 0 Å². The normalized spacial score (nSPS) is 22.9. The van der Waals surface area contributed by atoms with Crippen molar-refractivity contribution in [2.75, 3.05) is 0 Å². The maximum absolute atomic E-state index is 12.9. The van der Waals surface area contributed by atoms with Gasteiger partial charge in [0.25, 0.3) is 10.1 Å². The number of hydrogen-bond acceptors (Lipinski definition) is 3. The van der Waals surface area contributed by atoms with E-state index in [1.807, 2.05) is 31.2 Å². The van der Waals surface area contributed by atoms with Crippen molar-refractivity contribution >= 4 is 10.1 Å². The summed E-state index contributed by atoms with van der Waals surface area (Å²) in [5.41, 5.74) is 4.56. The maximum atomic E-state index is 12.9. The van der Waals surface area contributed by atoms with Crippen LogP contribution in [0.3, 0.4) is 0 Å². The van der Waals surface area contributed by atoms with E-state index in [4.69, 9.17) is 4.18 Å². The first-order chi connectivity index (χ1) is 13.0. The van der Waals surface area contributed by atoms with Gasteiger partial charge in [0.15, 0.2) is 17.9 Å². The molecule has 5 heteroatoms. The zero-order valence-electron chi connectivity index (χ0n) is 14.9. The number of fused-ring (bicyclic) bond motifs is 1. The van der Waals surface area contributed by atoms with Gasteiger partial charge in [-0.1, -0.05) is 48.0 Å². The lowest BCUT2D eigenvalue weighted by Gasteiger charge is -2.39. The lowest BCUT2D eigenvalue weighted by atomic mass is 9.72. The van der Waals surface area contributed by atoms with Crippen LogP contribution < -0.4 is 4.57 Å². The Bertz CT molecular complexity index is 1070. The summed E-state index contributed by atoms with van der Waals surface area (Å²) >= 11 is 0. The molecule has 3 aliphatic rings. The van der Waals surface area contributed by atoms with Crippen molar-refractivity contribution in [3.05, 3.63) is 95.3 Å². The second-order valence-corrected chi connectivity index (χ2v) is 8.86. The third-order valence-electron chi connectivity index (χ3n) is 5.65. The molecule has 2 aromatic carbocycles. The summed E-state index contributed by atoms with van der Waals surface area (Å²) in [4.78, 5) is 0.212. The number of benzene rings is 2. The van der Waals surface area contributed by atoms with E-state index in [2.05, 4.69) is 29.0 Å². The van der Waals surface area contributed by atoms with E-state index in [-0.39, 0.29) is 16.9 Å². The van der Waals surface area contributed by atoms with Crippen LogP contribution in [-0.2, 0) is 14.3 Å². The minimum atomic E-state index is -3.81. The Balaban J connectivity index is 1.57. The summed E-state index contributed by atoms with van der Waals surface area (Å²) in [6.45, 7) is 1.93. The highest BCUT2D eigenvalue weighted by Crippen LogP contribution is 2.46. The topological polar surface area (TPSA) is 47.3 Å². The molecule has 27 heavy (non-hydrogen) atoms. The van der Waals surface area contributed by atoms with Gasteiger partial charge in [0, 0.05) is 24.1 Å². The van der Waals surface area contributed by atoms with Crippen LogP contribution in [0.5, 0.6) is 0 Å². The van der Waals surface area contributed by atoms with Crippen LogP contribution >= 0.6 is 0 Å². The first-order valence-corrected chi connectivity index (χ1v) is 10.5. The van der Waals surface area contributed by atoms with Crippen molar-refractivity contribution in [1.29, 1.82) is 0 Å². The molecular formula is C22H20NO3S+. The van der Waals surface area contributed by atoms with Crippen LogP contribution in [-0.4, -0.2) is 14.5 Å². The van der Waals surface area contributed by atoms with E-state index in [9.17, 15) is 8.42 Å².